The highest BCUT2D eigenvalue weighted by molar-refractivity contribution is 9.10. The minimum atomic E-state index is -0.723. The van der Waals surface area contributed by atoms with Crippen LogP contribution in [-0.4, -0.2) is 41.8 Å². The van der Waals surface area contributed by atoms with Crippen molar-refractivity contribution in [1.29, 1.82) is 0 Å². The molecule has 2 heterocycles. The van der Waals surface area contributed by atoms with Crippen LogP contribution in [0, 0.1) is 11.8 Å². The van der Waals surface area contributed by atoms with Crippen LogP contribution in [0.4, 0.5) is 0 Å². The van der Waals surface area contributed by atoms with Crippen LogP contribution in [0.5, 0.6) is 0 Å². The number of rotatable bonds is 6. The molecule has 2 atom stereocenters. The molecule has 1 aromatic heterocycles. The highest BCUT2D eigenvalue weighted by Gasteiger charge is 2.48. The maximum atomic E-state index is 12.6. The molecule has 2 aliphatic rings. The lowest BCUT2D eigenvalue weighted by molar-refractivity contribution is -0.153. The summed E-state index contributed by atoms with van der Waals surface area (Å²) in [5, 5.41) is 0.601. The van der Waals surface area contributed by atoms with Gasteiger partial charge in [-0.2, -0.15) is 0 Å². The third-order valence-corrected chi connectivity index (χ3v) is 6.30. The van der Waals surface area contributed by atoms with E-state index in [1.165, 1.54) is 0 Å². The summed E-state index contributed by atoms with van der Waals surface area (Å²) in [6.45, 7) is 1.16. The number of ether oxygens (including phenoxy) is 2. The van der Waals surface area contributed by atoms with Crippen molar-refractivity contribution in [3.8, 4) is 0 Å². The first-order valence-electron chi connectivity index (χ1n) is 10.3. The normalized spacial score (nSPS) is 20.8. The molecule has 2 fully saturated rings. The van der Waals surface area contributed by atoms with Gasteiger partial charge in [-0.15, -0.1) is 0 Å². The van der Waals surface area contributed by atoms with Gasteiger partial charge < -0.3 is 13.9 Å². The molecule has 1 aliphatic carbocycles. The van der Waals surface area contributed by atoms with E-state index in [4.69, 9.17) is 13.9 Å². The lowest BCUT2D eigenvalue weighted by Crippen LogP contribution is -2.36. The summed E-state index contributed by atoms with van der Waals surface area (Å²) >= 11 is 3.38. The number of carbonyl (C=O) groups is 4. The quantitative estimate of drug-likeness (QED) is 0.449. The minimum Gasteiger partial charge on any atom is -0.460 e. The van der Waals surface area contributed by atoms with E-state index < -0.39 is 18.5 Å². The fraction of sp³-hybridized carbons (Fsp3) is 0.455. The number of benzene rings is 1. The van der Waals surface area contributed by atoms with Gasteiger partial charge in [0.1, 0.15) is 18.7 Å². The Morgan fingerprint density at radius 1 is 1.13 bits per heavy atom. The molecule has 8 nitrogen and oxygen atoms in total. The van der Waals surface area contributed by atoms with Gasteiger partial charge >= 0.3 is 11.9 Å². The van der Waals surface area contributed by atoms with E-state index in [1.807, 2.05) is 0 Å². The highest BCUT2D eigenvalue weighted by atomic mass is 79.9. The Balaban J connectivity index is 1.50. The molecule has 0 spiro atoms. The number of fused-ring (bicyclic) bond motifs is 2. The zero-order valence-corrected chi connectivity index (χ0v) is 18.6. The Kier molecular flexibility index (Phi) is 6.13. The monoisotopic (exact) mass is 491 g/mol. The molecular weight excluding hydrogens is 470 g/mol. The number of hydrogen-bond donors (Lipinski definition) is 0. The second-order valence-corrected chi connectivity index (χ2v) is 8.61. The first-order valence-corrected chi connectivity index (χ1v) is 11.1. The maximum Gasteiger partial charge on any atom is 0.374 e. The topological polar surface area (TPSA) is 103 Å². The van der Waals surface area contributed by atoms with E-state index in [-0.39, 0.29) is 42.6 Å². The minimum absolute atomic E-state index is 0.0397. The number of hydrogen-bond acceptors (Lipinski definition) is 7. The summed E-state index contributed by atoms with van der Waals surface area (Å²) in [5.41, 5.74) is 0.821. The van der Waals surface area contributed by atoms with Crippen LogP contribution in [0.2, 0.25) is 0 Å². The molecule has 0 N–H and O–H groups in total. The van der Waals surface area contributed by atoms with E-state index in [1.54, 1.807) is 25.1 Å². The lowest BCUT2D eigenvalue weighted by atomic mass is 9.81. The van der Waals surface area contributed by atoms with Crippen LogP contribution in [0.1, 0.15) is 48.7 Å². The zero-order valence-electron chi connectivity index (χ0n) is 17.0. The molecule has 0 bridgehead atoms. The summed E-state index contributed by atoms with van der Waals surface area (Å²) in [6.07, 6.45) is 3.19. The Morgan fingerprint density at radius 3 is 2.45 bits per heavy atom. The lowest BCUT2D eigenvalue weighted by Gasteiger charge is -2.19. The van der Waals surface area contributed by atoms with Crippen molar-refractivity contribution >= 4 is 50.7 Å². The molecule has 1 aliphatic heterocycles. The molecule has 2 unspecified atom stereocenters. The van der Waals surface area contributed by atoms with Crippen molar-refractivity contribution in [2.45, 2.75) is 39.2 Å². The number of carbonyl (C=O) groups excluding carboxylic acids is 4. The number of halogens is 1. The molecule has 164 valence electrons. The SMILES string of the molecule is CCOC(=O)c1oc2ccc(Br)cc2c1COC(=O)CN1C(=O)C2CCCCC2C1=O. The van der Waals surface area contributed by atoms with Crippen molar-refractivity contribution in [3.05, 3.63) is 34.0 Å². The summed E-state index contributed by atoms with van der Waals surface area (Å²) in [4.78, 5) is 50.9. The predicted molar refractivity (Wildman–Crippen MR) is 112 cm³/mol. The van der Waals surface area contributed by atoms with Gasteiger partial charge in [0.25, 0.3) is 0 Å². The number of furan rings is 1. The Hall–Kier alpha value is -2.68. The standard InChI is InChI=1S/C22H22BrNO7/c1-2-29-22(28)19-16(15-9-12(23)7-8-17(15)31-19)11-30-18(25)10-24-20(26)13-5-3-4-6-14(13)21(24)27/h7-9,13-14H,2-6,10-11H2,1H3. The fourth-order valence-electron chi connectivity index (χ4n) is 4.34. The van der Waals surface area contributed by atoms with Gasteiger partial charge in [-0.1, -0.05) is 28.8 Å². The van der Waals surface area contributed by atoms with Gasteiger partial charge in [-0.3, -0.25) is 19.3 Å². The number of esters is 2. The second-order valence-electron chi connectivity index (χ2n) is 7.69. The first kappa shape index (κ1) is 21.5. The summed E-state index contributed by atoms with van der Waals surface area (Å²) < 4.78 is 16.8. The van der Waals surface area contributed by atoms with Crippen LogP contribution in [0.15, 0.2) is 27.1 Å². The van der Waals surface area contributed by atoms with Gasteiger partial charge in [0.15, 0.2) is 0 Å². The van der Waals surface area contributed by atoms with Crippen LogP contribution >= 0.6 is 15.9 Å². The molecule has 9 heteroatoms. The van der Waals surface area contributed by atoms with Crippen molar-refractivity contribution in [2.24, 2.45) is 11.8 Å². The van der Waals surface area contributed by atoms with E-state index in [2.05, 4.69) is 15.9 Å². The molecule has 1 aromatic carbocycles. The zero-order chi connectivity index (χ0) is 22.1. The van der Waals surface area contributed by atoms with E-state index in [0.29, 0.717) is 29.4 Å². The Labute approximate surface area is 187 Å². The fourth-order valence-corrected chi connectivity index (χ4v) is 4.70. The summed E-state index contributed by atoms with van der Waals surface area (Å²) in [7, 11) is 0. The predicted octanol–water partition coefficient (Wildman–Crippen LogP) is 3.59. The average molecular weight is 492 g/mol. The van der Waals surface area contributed by atoms with E-state index >= 15 is 0 Å². The number of imide groups is 1. The van der Waals surface area contributed by atoms with Crippen molar-refractivity contribution in [2.75, 3.05) is 13.2 Å². The van der Waals surface area contributed by atoms with Crippen LogP contribution in [-0.2, 0) is 30.5 Å². The molecule has 0 radical (unpaired) electrons. The van der Waals surface area contributed by atoms with Crippen LogP contribution in [0.25, 0.3) is 11.0 Å². The molecule has 1 saturated heterocycles. The Bertz CT molecular complexity index is 1040. The van der Waals surface area contributed by atoms with Gasteiger partial charge in [0.2, 0.25) is 17.6 Å². The third-order valence-electron chi connectivity index (χ3n) is 5.81. The van der Waals surface area contributed by atoms with Crippen molar-refractivity contribution in [1.82, 2.24) is 4.90 Å². The van der Waals surface area contributed by atoms with E-state index in [9.17, 15) is 19.2 Å². The molecule has 2 aromatic rings. The third kappa shape index (κ3) is 4.11. The molecule has 1 saturated carbocycles. The number of amides is 2. The summed E-state index contributed by atoms with van der Waals surface area (Å²) in [5.74, 6) is -2.65. The second kappa shape index (κ2) is 8.82. The van der Waals surface area contributed by atoms with Gasteiger partial charge in [-0.05, 0) is 38.0 Å². The molecule has 4 rings (SSSR count). The molecule has 2 amide bonds. The largest absolute Gasteiger partial charge is 0.460 e. The smallest absolute Gasteiger partial charge is 0.374 e. The highest BCUT2D eigenvalue weighted by Crippen LogP contribution is 2.38. The van der Waals surface area contributed by atoms with Crippen LogP contribution in [0.3, 0.4) is 0 Å². The summed E-state index contributed by atoms with van der Waals surface area (Å²) in [6, 6.07) is 5.21. The van der Waals surface area contributed by atoms with Gasteiger partial charge in [0, 0.05) is 9.86 Å². The number of nitrogens with zero attached hydrogens (tertiary/aromatic N) is 1. The number of likely N-dealkylation sites (tertiary alicyclic amines) is 1. The Morgan fingerprint density at radius 2 is 1.81 bits per heavy atom. The van der Waals surface area contributed by atoms with Gasteiger partial charge in [0.05, 0.1) is 24.0 Å². The molecule has 31 heavy (non-hydrogen) atoms. The average Bonchev–Trinajstić information content (AvgIpc) is 3.23. The van der Waals surface area contributed by atoms with Crippen molar-refractivity contribution < 1.29 is 33.1 Å². The first-order chi connectivity index (χ1) is 14.9. The van der Waals surface area contributed by atoms with Crippen LogP contribution < -0.4 is 0 Å². The van der Waals surface area contributed by atoms with E-state index in [0.717, 1.165) is 22.2 Å². The molecular formula is C22H22BrNO7. The van der Waals surface area contributed by atoms with Crippen molar-refractivity contribution in [3.63, 3.8) is 0 Å². The maximum absolute atomic E-state index is 12.6. The van der Waals surface area contributed by atoms with Gasteiger partial charge in [-0.25, -0.2) is 4.79 Å².